The zero-order chi connectivity index (χ0) is 18.1. The van der Waals surface area contributed by atoms with Gasteiger partial charge in [0.15, 0.2) is 6.61 Å². The summed E-state index contributed by atoms with van der Waals surface area (Å²) in [6.07, 6.45) is 3.69. The summed E-state index contributed by atoms with van der Waals surface area (Å²) in [4.78, 5) is 39.1. The van der Waals surface area contributed by atoms with E-state index in [4.69, 9.17) is 4.74 Å². The van der Waals surface area contributed by atoms with Crippen LogP contribution < -0.4 is 10.6 Å². The Kier molecular flexibility index (Phi) is 6.65. The first-order valence-corrected chi connectivity index (χ1v) is 7.81. The van der Waals surface area contributed by atoms with Crippen molar-refractivity contribution in [3.8, 4) is 0 Å². The summed E-state index contributed by atoms with van der Waals surface area (Å²) >= 11 is 0. The molecule has 0 aliphatic carbocycles. The minimum Gasteiger partial charge on any atom is -0.452 e. The fraction of sp³-hybridized carbons (Fsp3) is 0.222. The van der Waals surface area contributed by atoms with Crippen LogP contribution in [0.1, 0.15) is 22.8 Å². The molecule has 25 heavy (non-hydrogen) atoms. The number of aromatic nitrogens is 1. The Hall–Kier alpha value is -3.22. The third-order valence-corrected chi connectivity index (χ3v) is 3.37. The summed E-state index contributed by atoms with van der Waals surface area (Å²) in [6, 6.07) is 10.4. The van der Waals surface area contributed by atoms with Crippen LogP contribution in [0.5, 0.6) is 0 Å². The third kappa shape index (κ3) is 5.72. The van der Waals surface area contributed by atoms with Crippen molar-refractivity contribution in [2.24, 2.45) is 0 Å². The number of anilines is 1. The van der Waals surface area contributed by atoms with E-state index < -0.39 is 18.5 Å². The second-order valence-corrected chi connectivity index (χ2v) is 5.15. The molecule has 0 unspecified atom stereocenters. The quantitative estimate of drug-likeness (QED) is 0.745. The van der Waals surface area contributed by atoms with E-state index in [0.717, 1.165) is 12.0 Å². The van der Waals surface area contributed by atoms with Crippen molar-refractivity contribution in [3.63, 3.8) is 0 Å². The van der Waals surface area contributed by atoms with Gasteiger partial charge in [-0.1, -0.05) is 25.1 Å². The van der Waals surface area contributed by atoms with Gasteiger partial charge < -0.3 is 15.4 Å². The summed E-state index contributed by atoms with van der Waals surface area (Å²) in [7, 11) is 0. The molecule has 0 bridgehead atoms. The maximum Gasteiger partial charge on any atom is 0.338 e. The van der Waals surface area contributed by atoms with Crippen molar-refractivity contribution in [1.29, 1.82) is 0 Å². The Morgan fingerprint density at radius 3 is 2.48 bits per heavy atom. The Balaban J connectivity index is 1.74. The van der Waals surface area contributed by atoms with Crippen LogP contribution in [0.4, 0.5) is 5.69 Å². The molecule has 7 nitrogen and oxygen atoms in total. The first-order chi connectivity index (χ1) is 12.1. The molecule has 1 aromatic carbocycles. The van der Waals surface area contributed by atoms with Gasteiger partial charge in [-0.3, -0.25) is 14.6 Å². The maximum atomic E-state index is 11.9. The van der Waals surface area contributed by atoms with Crippen LogP contribution in [0.3, 0.4) is 0 Å². The number of benzene rings is 1. The van der Waals surface area contributed by atoms with Crippen LogP contribution in [0.25, 0.3) is 0 Å². The van der Waals surface area contributed by atoms with Crippen molar-refractivity contribution >= 4 is 23.5 Å². The number of amides is 2. The molecule has 130 valence electrons. The summed E-state index contributed by atoms with van der Waals surface area (Å²) in [5.74, 6) is -1.53. The molecule has 1 aromatic heterocycles. The van der Waals surface area contributed by atoms with Gasteiger partial charge in [0, 0.05) is 18.1 Å². The molecule has 0 atom stereocenters. The number of carbonyl (C=O) groups excluding carboxylic acids is 3. The molecule has 2 amide bonds. The number of para-hydroxylation sites is 1. The molecule has 0 saturated heterocycles. The molecule has 0 spiro atoms. The zero-order valence-corrected chi connectivity index (χ0v) is 13.8. The SMILES string of the molecule is CCc1ccccc1NC(=O)CNC(=O)COC(=O)c1ccncc1. The molecule has 0 aliphatic heterocycles. The molecular weight excluding hydrogens is 322 g/mol. The summed E-state index contributed by atoms with van der Waals surface area (Å²) in [5.41, 5.74) is 2.03. The highest BCUT2D eigenvalue weighted by molar-refractivity contribution is 5.96. The van der Waals surface area contributed by atoms with E-state index in [1.807, 2.05) is 25.1 Å². The molecular formula is C18H19N3O4. The van der Waals surface area contributed by atoms with E-state index >= 15 is 0 Å². The number of nitrogens with zero attached hydrogens (tertiary/aromatic N) is 1. The fourth-order valence-electron chi connectivity index (χ4n) is 2.08. The summed E-state index contributed by atoms with van der Waals surface area (Å²) < 4.78 is 4.87. The zero-order valence-electron chi connectivity index (χ0n) is 13.8. The molecule has 7 heteroatoms. The molecule has 0 radical (unpaired) electrons. The lowest BCUT2D eigenvalue weighted by atomic mass is 10.1. The fourth-order valence-corrected chi connectivity index (χ4v) is 2.08. The lowest BCUT2D eigenvalue weighted by molar-refractivity contribution is -0.126. The normalized spacial score (nSPS) is 9.96. The minimum absolute atomic E-state index is 0.205. The van der Waals surface area contributed by atoms with Gasteiger partial charge in [0.25, 0.3) is 5.91 Å². The summed E-state index contributed by atoms with van der Waals surface area (Å²) in [6.45, 7) is 1.33. The van der Waals surface area contributed by atoms with Crippen molar-refractivity contribution in [2.45, 2.75) is 13.3 Å². The Morgan fingerprint density at radius 1 is 1.04 bits per heavy atom. The summed E-state index contributed by atoms with van der Waals surface area (Å²) in [5, 5.41) is 5.15. The number of hydrogen-bond donors (Lipinski definition) is 2. The largest absolute Gasteiger partial charge is 0.452 e. The predicted octanol–water partition coefficient (Wildman–Crippen LogP) is 1.56. The van der Waals surface area contributed by atoms with Crippen molar-refractivity contribution < 1.29 is 19.1 Å². The number of ether oxygens (including phenoxy) is 1. The Morgan fingerprint density at radius 2 is 1.76 bits per heavy atom. The van der Waals surface area contributed by atoms with Crippen molar-refractivity contribution in [2.75, 3.05) is 18.5 Å². The lowest BCUT2D eigenvalue weighted by Gasteiger charge is -2.10. The van der Waals surface area contributed by atoms with E-state index in [2.05, 4.69) is 15.6 Å². The second-order valence-electron chi connectivity index (χ2n) is 5.15. The average Bonchev–Trinajstić information content (AvgIpc) is 2.65. The van der Waals surface area contributed by atoms with E-state index in [1.54, 1.807) is 6.07 Å². The van der Waals surface area contributed by atoms with Gasteiger partial charge in [-0.15, -0.1) is 0 Å². The van der Waals surface area contributed by atoms with Gasteiger partial charge in [-0.2, -0.15) is 0 Å². The van der Waals surface area contributed by atoms with Gasteiger partial charge in [0.05, 0.1) is 12.1 Å². The van der Waals surface area contributed by atoms with Crippen LogP contribution >= 0.6 is 0 Å². The van der Waals surface area contributed by atoms with Gasteiger partial charge in [0.2, 0.25) is 5.91 Å². The number of nitrogens with one attached hydrogen (secondary N) is 2. The van der Waals surface area contributed by atoms with Crippen molar-refractivity contribution in [1.82, 2.24) is 10.3 Å². The first kappa shape index (κ1) is 18.1. The van der Waals surface area contributed by atoms with E-state index in [-0.39, 0.29) is 12.5 Å². The third-order valence-electron chi connectivity index (χ3n) is 3.37. The average molecular weight is 341 g/mol. The highest BCUT2D eigenvalue weighted by Gasteiger charge is 2.11. The number of aryl methyl sites for hydroxylation is 1. The highest BCUT2D eigenvalue weighted by Crippen LogP contribution is 2.14. The molecule has 0 saturated carbocycles. The monoisotopic (exact) mass is 341 g/mol. The van der Waals surface area contributed by atoms with Crippen LogP contribution in [0.15, 0.2) is 48.8 Å². The van der Waals surface area contributed by atoms with Gasteiger partial charge >= 0.3 is 5.97 Å². The molecule has 0 aliphatic rings. The van der Waals surface area contributed by atoms with Crippen molar-refractivity contribution in [3.05, 3.63) is 59.9 Å². The van der Waals surface area contributed by atoms with E-state index in [9.17, 15) is 14.4 Å². The Bertz CT molecular complexity index is 747. The molecule has 2 N–H and O–H groups in total. The molecule has 2 rings (SSSR count). The van der Waals surface area contributed by atoms with Crippen LogP contribution in [0, 0.1) is 0 Å². The van der Waals surface area contributed by atoms with Crippen LogP contribution in [0.2, 0.25) is 0 Å². The Labute approximate surface area is 145 Å². The predicted molar refractivity (Wildman–Crippen MR) is 92.0 cm³/mol. The number of pyridine rings is 1. The number of hydrogen-bond acceptors (Lipinski definition) is 5. The first-order valence-electron chi connectivity index (χ1n) is 7.81. The number of carbonyl (C=O) groups is 3. The second kappa shape index (κ2) is 9.17. The lowest BCUT2D eigenvalue weighted by Crippen LogP contribution is -2.35. The molecule has 0 fully saturated rings. The van der Waals surface area contributed by atoms with E-state index in [0.29, 0.717) is 11.3 Å². The van der Waals surface area contributed by atoms with Crippen LogP contribution in [-0.4, -0.2) is 35.9 Å². The smallest absolute Gasteiger partial charge is 0.338 e. The standard InChI is InChI=1S/C18H19N3O4/c1-2-13-5-3-4-6-15(13)21-16(22)11-20-17(23)12-25-18(24)14-7-9-19-10-8-14/h3-10H,2,11-12H2,1H3,(H,20,23)(H,21,22). The highest BCUT2D eigenvalue weighted by atomic mass is 16.5. The van der Waals surface area contributed by atoms with Gasteiger partial charge in [-0.25, -0.2) is 4.79 Å². The van der Waals surface area contributed by atoms with Gasteiger partial charge in [-0.05, 0) is 30.2 Å². The van der Waals surface area contributed by atoms with E-state index in [1.165, 1.54) is 24.5 Å². The molecule has 2 aromatic rings. The number of rotatable bonds is 7. The minimum atomic E-state index is -0.626. The maximum absolute atomic E-state index is 11.9. The number of esters is 1. The topological polar surface area (TPSA) is 97.4 Å². The molecule has 1 heterocycles. The van der Waals surface area contributed by atoms with Gasteiger partial charge in [0.1, 0.15) is 0 Å². The van der Waals surface area contributed by atoms with Crippen LogP contribution in [-0.2, 0) is 20.7 Å².